The van der Waals surface area contributed by atoms with Crippen molar-refractivity contribution < 1.29 is 4.39 Å². The van der Waals surface area contributed by atoms with E-state index in [9.17, 15) is 4.39 Å². The molecule has 0 spiro atoms. The lowest BCUT2D eigenvalue weighted by Crippen LogP contribution is -2.19. The van der Waals surface area contributed by atoms with Gasteiger partial charge in [0.15, 0.2) is 0 Å². The van der Waals surface area contributed by atoms with Gasteiger partial charge in [0.2, 0.25) is 0 Å². The van der Waals surface area contributed by atoms with Gasteiger partial charge in [-0.2, -0.15) is 0 Å². The van der Waals surface area contributed by atoms with Gasteiger partial charge in [-0.1, -0.05) is 24.6 Å². The molecule has 0 aliphatic carbocycles. The third-order valence-corrected chi connectivity index (χ3v) is 4.29. The van der Waals surface area contributed by atoms with Crippen molar-refractivity contribution in [2.75, 3.05) is 6.54 Å². The second-order valence-electron chi connectivity index (χ2n) is 4.51. The van der Waals surface area contributed by atoms with Gasteiger partial charge in [-0.05, 0) is 55.3 Å². The molecule has 0 saturated carbocycles. The van der Waals surface area contributed by atoms with E-state index in [0.29, 0.717) is 0 Å². The van der Waals surface area contributed by atoms with Crippen molar-refractivity contribution in [2.24, 2.45) is 0 Å². The first-order valence-electron chi connectivity index (χ1n) is 6.40. The van der Waals surface area contributed by atoms with Crippen molar-refractivity contribution in [1.82, 2.24) is 5.32 Å². The molecule has 0 fully saturated rings. The summed E-state index contributed by atoms with van der Waals surface area (Å²) in [4.78, 5) is 1.00. The summed E-state index contributed by atoms with van der Waals surface area (Å²) in [7, 11) is 0. The molecular formula is C15H17ClFNS. The number of hydrogen-bond donors (Lipinski definition) is 1. The molecule has 0 bridgehead atoms. The quantitative estimate of drug-likeness (QED) is 0.793. The molecule has 1 unspecified atom stereocenters. The van der Waals surface area contributed by atoms with Crippen LogP contribution in [0.2, 0.25) is 4.34 Å². The van der Waals surface area contributed by atoms with E-state index in [1.807, 2.05) is 18.2 Å². The fourth-order valence-electron chi connectivity index (χ4n) is 2.05. The molecule has 102 valence electrons. The van der Waals surface area contributed by atoms with Gasteiger partial charge in [0.25, 0.3) is 0 Å². The summed E-state index contributed by atoms with van der Waals surface area (Å²) in [5, 5.41) is 3.43. The second-order valence-corrected chi connectivity index (χ2v) is 6.23. The molecule has 1 N–H and O–H groups in total. The molecule has 0 amide bonds. The minimum absolute atomic E-state index is 0.191. The van der Waals surface area contributed by atoms with Crippen LogP contribution in [0.15, 0.2) is 30.3 Å². The predicted octanol–water partition coefficient (Wildman–Crippen LogP) is 5.27. The molecular weight excluding hydrogens is 281 g/mol. The van der Waals surface area contributed by atoms with E-state index in [4.69, 9.17) is 11.6 Å². The van der Waals surface area contributed by atoms with Crippen LogP contribution in [0.1, 0.15) is 31.9 Å². The maximum absolute atomic E-state index is 13.5. The first-order chi connectivity index (χ1) is 9.11. The minimum atomic E-state index is -0.217. The van der Waals surface area contributed by atoms with Gasteiger partial charge in [0, 0.05) is 10.9 Å². The SMILES string of the molecule is CCCNC(C)c1ccc(F)cc1-c1ccc(Cl)s1. The Bertz CT molecular complexity index is 553. The van der Waals surface area contributed by atoms with E-state index in [1.54, 1.807) is 6.07 Å². The van der Waals surface area contributed by atoms with Gasteiger partial charge < -0.3 is 5.32 Å². The minimum Gasteiger partial charge on any atom is -0.310 e. The van der Waals surface area contributed by atoms with E-state index in [-0.39, 0.29) is 11.9 Å². The summed E-state index contributed by atoms with van der Waals surface area (Å²) in [5.74, 6) is -0.217. The van der Waals surface area contributed by atoms with Crippen LogP contribution in [0.3, 0.4) is 0 Å². The highest BCUT2D eigenvalue weighted by molar-refractivity contribution is 7.19. The highest BCUT2D eigenvalue weighted by Gasteiger charge is 2.14. The zero-order valence-corrected chi connectivity index (χ0v) is 12.6. The fourth-order valence-corrected chi connectivity index (χ4v) is 3.13. The monoisotopic (exact) mass is 297 g/mol. The molecule has 2 rings (SSSR count). The van der Waals surface area contributed by atoms with Crippen LogP contribution in [0.4, 0.5) is 4.39 Å². The Balaban J connectivity index is 2.38. The molecule has 0 aliphatic heterocycles. The molecule has 1 atom stereocenters. The molecule has 2 aromatic rings. The second kappa shape index (κ2) is 6.51. The van der Waals surface area contributed by atoms with E-state index in [2.05, 4.69) is 19.2 Å². The maximum Gasteiger partial charge on any atom is 0.123 e. The Morgan fingerprint density at radius 2 is 2.11 bits per heavy atom. The third-order valence-electron chi connectivity index (χ3n) is 3.02. The summed E-state index contributed by atoms with van der Waals surface area (Å²) in [6.45, 7) is 5.18. The standard InChI is InChI=1S/C15H17ClFNS/c1-3-8-18-10(2)12-5-4-11(17)9-13(12)14-6-7-15(16)19-14/h4-7,9-10,18H,3,8H2,1-2H3. The van der Waals surface area contributed by atoms with Gasteiger partial charge in [0.05, 0.1) is 4.34 Å². The molecule has 1 aromatic carbocycles. The van der Waals surface area contributed by atoms with Gasteiger partial charge in [-0.15, -0.1) is 11.3 Å². The van der Waals surface area contributed by atoms with Crippen molar-refractivity contribution in [1.29, 1.82) is 0 Å². The summed E-state index contributed by atoms with van der Waals surface area (Å²) < 4.78 is 14.2. The molecule has 19 heavy (non-hydrogen) atoms. The van der Waals surface area contributed by atoms with Crippen LogP contribution < -0.4 is 5.32 Å². The zero-order valence-electron chi connectivity index (χ0n) is 11.0. The third kappa shape index (κ3) is 3.56. The van der Waals surface area contributed by atoms with Crippen molar-refractivity contribution in [3.63, 3.8) is 0 Å². The van der Waals surface area contributed by atoms with Crippen LogP contribution >= 0.6 is 22.9 Å². The number of halogens is 2. The number of rotatable bonds is 5. The lowest BCUT2D eigenvalue weighted by Gasteiger charge is -2.17. The van der Waals surface area contributed by atoms with Crippen LogP contribution in [-0.4, -0.2) is 6.54 Å². The molecule has 0 aliphatic rings. The average Bonchev–Trinajstić information content (AvgIpc) is 2.82. The Kier molecular flexibility index (Phi) is 4.97. The Hall–Kier alpha value is -0.900. The lowest BCUT2D eigenvalue weighted by atomic mass is 10.00. The number of hydrogen-bond acceptors (Lipinski definition) is 2. The maximum atomic E-state index is 13.5. The first kappa shape index (κ1) is 14.5. The van der Waals surface area contributed by atoms with Crippen molar-refractivity contribution in [3.05, 3.63) is 46.0 Å². The van der Waals surface area contributed by atoms with Crippen LogP contribution in [-0.2, 0) is 0 Å². The lowest BCUT2D eigenvalue weighted by molar-refractivity contribution is 0.569. The number of thiophene rings is 1. The van der Waals surface area contributed by atoms with Crippen molar-refractivity contribution in [3.8, 4) is 10.4 Å². The first-order valence-corrected chi connectivity index (χ1v) is 7.59. The average molecular weight is 298 g/mol. The molecule has 4 heteroatoms. The molecule has 0 saturated heterocycles. The molecule has 1 nitrogen and oxygen atoms in total. The van der Waals surface area contributed by atoms with Gasteiger partial charge in [-0.25, -0.2) is 4.39 Å². The van der Waals surface area contributed by atoms with Crippen LogP contribution in [0.25, 0.3) is 10.4 Å². The van der Waals surface area contributed by atoms with Gasteiger partial charge in [0.1, 0.15) is 5.82 Å². The topological polar surface area (TPSA) is 12.0 Å². The van der Waals surface area contributed by atoms with Crippen LogP contribution in [0, 0.1) is 5.82 Å². The Morgan fingerprint density at radius 1 is 1.32 bits per heavy atom. The largest absolute Gasteiger partial charge is 0.310 e. The van der Waals surface area contributed by atoms with E-state index in [0.717, 1.165) is 33.3 Å². The molecule has 1 aromatic heterocycles. The fraction of sp³-hybridized carbons (Fsp3) is 0.333. The van der Waals surface area contributed by atoms with Crippen molar-refractivity contribution in [2.45, 2.75) is 26.3 Å². The zero-order chi connectivity index (χ0) is 13.8. The van der Waals surface area contributed by atoms with E-state index < -0.39 is 0 Å². The highest BCUT2D eigenvalue weighted by atomic mass is 35.5. The number of nitrogens with one attached hydrogen (secondary N) is 1. The van der Waals surface area contributed by atoms with Crippen molar-refractivity contribution >= 4 is 22.9 Å². The summed E-state index contributed by atoms with van der Waals surface area (Å²) >= 11 is 7.45. The van der Waals surface area contributed by atoms with Crippen LogP contribution in [0.5, 0.6) is 0 Å². The summed E-state index contributed by atoms with van der Waals surface area (Å²) in [6, 6.07) is 8.93. The van der Waals surface area contributed by atoms with E-state index in [1.165, 1.54) is 17.4 Å². The van der Waals surface area contributed by atoms with Gasteiger partial charge >= 0.3 is 0 Å². The predicted molar refractivity (Wildman–Crippen MR) is 81.4 cm³/mol. The highest BCUT2D eigenvalue weighted by Crippen LogP contribution is 2.35. The summed E-state index contributed by atoms with van der Waals surface area (Å²) in [5.41, 5.74) is 2.03. The molecule has 0 radical (unpaired) electrons. The molecule has 1 heterocycles. The van der Waals surface area contributed by atoms with E-state index >= 15 is 0 Å². The smallest absolute Gasteiger partial charge is 0.123 e. The number of benzene rings is 1. The Morgan fingerprint density at radius 3 is 2.74 bits per heavy atom. The van der Waals surface area contributed by atoms with Gasteiger partial charge in [-0.3, -0.25) is 0 Å². The summed E-state index contributed by atoms with van der Waals surface area (Å²) in [6.07, 6.45) is 1.08. The normalized spacial score (nSPS) is 12.6. The Labute approximate surface area is 122 Å².